The van der Waals surface area contributed by atoms with Gasteiger partial charge in [0.05, 0.1) is 11.8 Å². The fraction of sp³-hybridized carbons (Fsp3) is 0.433. The first-order valence-corrected chi connectivity index (χ1v) is 13.0. The molecule has 1 heterocycles. The fourth-order valence-corrected chi connectivity index (χ4v) is 4.81. The van der Waals surface area contributed by atoms with Gasteiger partial charge in [-0.15, -0.1) is 6.58 Å². The van der Waals surface area contributed by atoms with E-state index in [-0.39, 0.29) is 24.2 Å². The van der Waals surface area contributed by atoms with E-state index in [1.807, 2.05) is 68.4 Å². The van der Waals surface area contributed by atoms with Crippen molar-refractivity contribution < 1.29 is 24.2 Å². The first-order chi connectivity index (χ1) is 17.8. The number of para-hydroxylation sites is 1. The van der Waals surface area contributed by atoms with Gasteiger partial charge in [0, 0.05) is 13.1 Å². The van der Waals surface area contributed by atoms with Gasteiger partial charge in [-0.25, -0.2) is 0 Å². The van der Waals surface area contributed by atoms with E-state index in [9.17, 15) is 19.5 Å². The van der Waals surface area contributed by atoms with Crippen LogP contribution >= 0.6 is 0 Å². The lowest BCUT2D eigenvalue weighted by Gasteiger charge is -2.28. The van der Waals surface area contributed by atoms with Crippen LogP contribution < -0.4 is 10.1 Å². The molecule has 2 aromatic rings. The molecule has 2 aromatic carbocycles. The smallest absolute Gasteiger partial charge is 0.307 e. The number of amides is 2. The Morgan fingerprint density at radius 2 is 1.84 bits per heavy atom. The summed E-state index contributed by atoms with van der Waals surface area (Å²) in [4.78, 5) is 40.5. The van der Waals surface area contributed by atoms with Gasteiger partial charge in [0.25, 0.3) is 0 Å². The van der Waals surface area contributed by atoms with Gasteiger partial charge in [0.2, 0.25) is 11.8 Å². The highest BCUT2D eigenvalue weighted by atomic mass is 16.5. The van der Waals surface area contributed by atoms with Crippen molar-refractivity contribution in [1.82, 2.24) is 10.2 Å². The quantitative estimate of drug-likeness (QED) is 0.375. The highest BCUT2D eigenvalue weighted by molar-refractivity contribution is 5.90. The highest BCUT2D eigenvalue weighted by Gasteiger charge is 2.36. The summed E-state index contributed by atoms with van der Waals surface area (Å²) >= 11 is 0. The van der Waals surface area contributed by atoms with Crippen LogP contribution in [-0.2, 0) is 20.9 Å². The second kappa shape index (κ2) is 13.6. The number of allylic oxidation sites excluding steroid dienone is 1. The molecule has 2 N–H and O–H groups in total. The standard InChI is InChI=1S/C30H38N2O5/c1-4-11-25(30(35)36)26(18-21(2)3)28(33)31-27-16-8-9-17-32(29(27)34)20-22-12-10-15-24(19-22)37-23-13-6-5-7-14-23/h4-7,10,12-15,19,21,25-27H,1,8-9,11,16-18,20H2,2-3H3,(H,31,33)(H,35,36)/t25-,26-,27-/m0/s1. The van der Waals surface area contributed by atoms with Crippen LogP contribution in [0.4, 0.5) is 0 Å². The number of rotatable bonds is 12. The summed E-state index contributed by atoms with van der Waals surface area (Å²) in [5.41, 5.74) is 0.934. The molecule has 3 atom stereocenters. The van der Waals surface area contributed by atoms with Crippen LogP contribution in [0.5, 0.6) is 11.5 Å². The molecule has 0 spiro atoms. The maximum absolute atomic E-state index is 13.5. The summed E-state index contributed by atoms with van der Waals surface area (Å²) in [6.07, 6.45) is 4.33. The summed E-state index contributed by atoms with van der Waals surface area (Å²) in [5, 5.41) is 12.7. The molecular weight excluding hydrogens is 468 g/mol. The van der Waals surface area contributed by atoms with Crippen molar-refractivity contribution in [3.05, 3.63) is 72.8 Å². The Kier molecular flexibility index (Phi) is 10.3. The molecule has 1 saturated heterocycles. The Hall–Kier alpha value is -3.61. The van der Waals surface area contributed by atoms with Crippen molar-refractivity contribution in [3.63, 3.8) is 0 Å². The molecule has 0 aliphatic carbocycles. The number of carboxylic acid groups (broad SMARTS) is 1. The predicted octanol–water partition coefficient (Wildman–Crippen LogP) is 5.42. The largest absolute Gasteiger partial charge is 0.481 e. The molecule has 1 aliphatic heterocycles. The van der Waals surface area contributed by atoms with Crippen LogP contribution in [-0.4, -0.2) is 40.4 Å². The minimum absolute atomic E-state index is 0.133. The molecule has 0 aromatic heterocycles. The molecule has 2 amide bonds. The number of likely N-dealkylation sites (tertiary alicyclic amines) is 1. The SMILES string of the molecule is C=CC[C@H](C(=O)O)[C@H](CC(C)C)C(=O)N[C@H]1CCCCN(Cc2cccc(Oc3ccccc3)c2)C1=O. The number of nitrogens with zero attached hydrogens (tertiary/aromatic N) is 1. The van der Waals surface area contributed by atoms with Gasteiger partial charge in [-0.1, -0.05) is 50.3 Å². The van der Waals surface area contributed by atoms with E-state index in [0.717, 1.165) is 24.2 Å². The zero-order chi connectivity index (χ0) is 26.8. The molecule has 0 radical (unpaired) electrons. The third-order valence-corrected chi connectivity index (χ3v) is 6.63. The van der Waals surface area contributed by atoms with Crippen LogP contribution in [0.25, 0.3) is 0 Å². The Morgan fingerprint density at radius 3 is 2.51 bits per heavy atom. The molecule has 0 saturated carbocycles. The van der Waals surface area contributed by atoms with Crippen molar-refractivity contribution in [2.75, 3.05) is 6.54 Å². The number of ether oxygens (including phenoxy) is 1. The van der Waals surface area contributed by atoms with Crippen LogP contribution in [0.15, 0.2) is 67.3 Å². The monoisotopic (exact) mass is 506 g/mol. The zero-order valence-electron chi connectivity index (χ0n) is 21.8. The molecule has 7 nitrogen and oxygen atoms in total. The predicted molar refractivity (Wildman–Crippen MR) is 143 cm³/mol. The average molecular weight is 507 g/mol. The minimum atomic E-state index is -1.02. The Labute approximate surface area is 219 Å². The summed E-state index contributed by atoms with van der Waals surface area (Å²) < 4.78 is 5.94. The van der Waals surface area contributed by atoms with Gasteiger partial charge < -0.3 is 20.1 Å². The van der Waals surface area contributed by atoms with Crippen molar-refractivity contribution in [2.24, 2.45) is 17.8 Å². The summed E-state index contributed by atoms with van der Waals surface area (Å²) in [7, 11) is 0. The van der Waals surface area contributed by atoms with E-state index in [0.29, 0.717) is 31.7 Å². The third-order valence-electron chi connectivity index (χ3n) is 6.63. The molecule has 3 rings (SSSR count). The van der Waals surface area contributed by atoms with Crippen molar-refractivity contribution in [3.8, 4) is 11.5 Å². The zero-order valence-corrected chi connectivity index (χ0v) is 21.8. The lowest BCUT2D eigenvalue weighted by Crippen LogP contribution is -2.50. The number of hydrogen-bond donors (Lipinski definition) is 2. The maximum atomic E-state index is 13.5. The van der Waals surface area contributed by atoms with Gasteiger partial charge in [0.15, 0.2) is 0 Å². The molecule has 1 aliphatic rings. The number of nitrogens with one attached hydrogen (secondary N) is 1. The van der Waals surface area contributed by atoms with Gasteiger partial charge in [-0.05, 0) is 67.9 Å². The number of carbonyl (C=O) groups excluding carboxylic acids is 2. The normalized spacial score (nSPS) is 17.5. The van der Waals surface area contributed by atoms with E-state index in [2.05, 4.69) is 11.9 Å². The van der Waals surface area contributed by atoms with Gasteiger partial charge >= 0.3 is 5.97 Å². The molecule has 1 fully saturated rings. The summed E-state index contributed by atoms with van der Waals surface area (Å²) in [6, 6.07) is 16.5. The van der Waals surface area contributed by atoms with E-state index in [4.69, 9.17) is 4.74 Å². The Bertz CT molecular complexity index is 1070. The second-order valence-corrected chi connectivity index (χ2v) is 10.1. The molecular formula is C30H38N2O5. The van der Waals surface area contributed by atoms with Crippen LogP contribution in [0.2, 0.25) is 0 Å². The summed E-state index contributed by atoms with van der Waals surface area (Å²) in [5.74, 6) is -1.58. The molecule has 0 unspecified atom stereocenters. The second-order valence-electron chi connectivity index (χ2n) is 10.1. The van der Waals surface area contributed by atoms with E-state index >= 15 is 0 Å². The number of carbonyl (C=O) groups is 3. The van der Waals surface area contributed by atoms with Crippen molar-refractivity contribution >= 4 is 17.8 Å². The van der Waals surface area contributed by atoms with Gasteiger partial charge in [0.1, 0.15) is 17.5 Å². The lowest BCUT2D eigenvalue weighted by molar-refractivity contribution is -0.148. The third kappa shape index (κ3) is 8.20. The topological polar surface area (TPSA) is 95.9 Å². The number of benzene rings is 2. The number of aliphatic carboxylic acids is 1. The highest BCUT2D eigenvalue weighted by Crippen LogP contribution is 2.27. The van der Waals surface area contributed by atoms with E-state index in [1.165, 1.54) is 6.08 Å². The van der Waals surface area contributed by atoms with E-state index in [1.54, 1.807) is 4.90 Å². The average Bonchev–Trinajstić information content (AvgIpc) is 3.03. The van der Waals surface area contributed by atoms with Crippen molar-refractivity contribution in [1.29, 1.82) is 0 Å². The van der Waals surface area contributed by atoms with Gasteiger partial charge in [-0.3, -0.25) is 14.4 Å². The Balaban J connectivity index is 1.71. The fourth-order valence-electron chi connectivity index (χ4n) is 4.81. The number of carboxylic acids is 1. The maximum Gasteiger partial charge on any atom is 0.307 e. The van der Waals surface area contributed by atoms with Gasteiger partial charge in [-0.2, -0.15) is 0 Å². The van der Waals surface area contributed by atoms with Crippen molar-refractivity contribution in [2.45, 2.75) is 58.5 Å². The lowest BCUT2D eigenvalue weighted by atomic mass is 9.82. The Morgan fingerprint density at radius 1 is 1.11 bits per heavy atom. The molecule has 37 heavy (non-hydrogen) atoms. The van der Waals surface area contributed by atoms with Crippen LogP contribution in [0.3, 0.4) is 0 Å². The number of hydrogen-bond acceptors (Lipinski definition) is 4. The minimum Gasteiger partial charge on any atom is -0.481 e. The molecule has 0 bridgehead atoms. The summed E-state index contributed by atoms with van der Waals surface area (Å²) in [6.45, 7) is 8.58. The van der Waals surface area contributed by atoms with E-state index < -0.39 is 23.8 Å². The van der Waals surface area contributed by atoms with Crippen LogP contribution in [0.1, 0.15) is 51.5 Å². The first-order valence-electron chi connectivity index (χ1n) is 13.0. The van der Waals surface area contributed by atoms with Crippen LogP contribution in [0, 0.1) is 17.8 Å². The molecule has 198 valence electrons. The molecule has 7 heteroatoms. The first kappa shape index (κ1) is 28.0.